The highest BCUT2D eigenvalue weighted by Gasteiger charge is 2.72. The Labute approximate surface area is 195 Å². The number of phenols is 1. The Balaban J connectivity index is 1.93. The predicted molar refractivity (Wildman–Crippen MR) is 118 cm³/mol. The third-order valence-electron chi connectivity index (χ3n) is 7.71. The number of aromatic hydroxyl groups is 1. The Morgan fingerprint density at radius 1 is 1.06 bits per heavy atom. The molecule has 184 valence electrons. The largest absolute Gasteiger partial charge is 0.507 e. The molecule has 34 heavy (non-hydrogen) atoms. The maximum atomic E-state index is 13.7. The number of anilines is 1. The summed E-state index contributed by atoms with van der Waals surface area (Å²) in [4.78, 5) is 55.7. The summed E-state index contributed by atoms with van der Waals surface area (Å²) in [6, 6.07) is 1.75. The van der Waals surface area contributed by atoms with E-state index in [2.05, 4.69) is 0 Å². The molecule has 1 amide bonds. The van der Waals surface area contributed by atoms with E-state index < -0.39 is 70.8 Å². The normalized spacial score (nSPS) is 37.2. The fourth-order valence-corrected chi connectivity index (χ4v) is 6.24. The van der Waals surface area contributed by atoms with E-state index in [9.17, 15) is 39.6 Å². The molecule has 0 heterocycles. The van der Waals surface area contributed by atoms with Crippen molar-refractivity contribution in [3.8, 4) is 5.75 Å². The number of benzene rings is 1. The van der Waals surface area contributed by atoms with Gasteiger partial charge in [-0.25, -0.2) is 0 Å². The lowest BCUT2D eigenvalue weighted by molar-refractivity contribution is -0.207. The van der Waals surface area contributed by atoms with Crippen LogP contribution in [0.2, 0.25) is 0 Å². The number of hydrogen-bond donors (Lipinski definition) is 5. The monoisotopic (exact) mass is 475 g/mol. The van der Waals surface area contributed by atoms with Crippen LogP contribution in [0.25, 0.3) is 0 Å². The smallest absolute Gasteiger partial charge is 0.230 e. The van der Waals surface area contributed by atoms with Gasteiger partial charge in [0.1, 0.15) is 11.7 Å². The van der Waals surface area contributed by atoms with E-state index in [1.165, 1.54) is 25.1 Å². The molecule has 0 bridgehead atoms. The molecular formula is C23H29N3O8. The van der Waals surface area contributed by atoms with Crippen molar-refractivity contribution in [3.63, 3.8) is 0 Å². The zero-order valence-electron chi connectivity index (χ0n) is 19.3. The third kappa shape index (κ3) is 2.97. The van der Waals surface area contributed by atoms with Crippen molar-refractivity contribution >= 4 is 28.9 Å². The highest BCUT2D eigenvalue weighted by Crippen LogP contribution is 2.52. The van der Waals surface area contributed by atoms with E-state index in [0.29, 0.717) is 11.3 Å². The number of primary amides is 1. The number of hydrogen-bond acceptors (Lipinski definition) is 10. The van der Waals surface area contributed by atoms with Crippen molar-refractivity contribution in [2.45, 2.75) is 30.3 Å². The second kappa shape index (κ2) is 7.84. The number of Topliss-reactive ketones (excluding diaryl/α,β-unsaturated/α-hetero) is 3. The minimum Gasteiger partial charge on any atom is -0.507 e. The summed E-state index contributed by atoms with van der Waals surface area (Å²) in [6.07, 6.45) is -3.24. The van der Waals surface area contributed by atoms with Crippen LogP contribution in [0.15, 0.2) is 12.1 Å². The van der Waals surface area contributed by atoms with E-state index >= 15 is 0 Å². The van der Waals surface area contributed by atoms with Gasteiger partial charge in [-0.2, -0.15) is 0 Å². The van der Waals surface area contributed by atoms with Crippen LogP contribution in [0, 0.1) is 23.7 Å². The fourth-order valence-electron chi connectivity index (χ4n) is 6.24. The molecule has 0 aliphatic heterocycles. The molecule has 11 nitrogen and oxygen atoms in total. The number of carbonyl (C=O) groups is 4. The zero-order chi connectivity index (χ0) is 25.4. The number of rotatable bonds is 3. The first-order chi connectivity index (χ1) is 15.8. The summed E-state index contributed by atoms with van der Waals surface area (Å²) in [7, 11) is 6.50. The maximum Gasteiger partial charge on any atom is 0.230 e. The maximum absolute atomic E-state index is 13.7. The highest BCUT2D eigenvalue weighted by atomic mass is 16.3. The van der Waals surface area contributed by atoms with Gasteiger partial charge in [-0.1, -0.05) is 0 Å². The van der Waals surface area contributed by atoms with E-state index in [4.69, 9.17) is 5.73 Å². The van der Waals surface area contributed by atoms with E-state index in [1.54, 1.807) is 25.1 Å². The molecule has 2 fully saturated rings. The van der Waals surface area contributed by atoms with Gasteiger partial charge in [-0.05, 0) is 38.2 Å². The predicted octanol–water partition coefficient (Wildman–Crippen LogP) is -2.30. The Morgan fingerprint density at radius 3 is 2.21 bits per heavy atom. The standard InChI is InChI=1S/C23H29N3O8/c1-25(2)10-5-6-11(27)12-8(10)7-9-13(18(12)29)20(31)23(34)15(17(9)28)16(26(3)4)19(30)14(21(23)32)22(24)33/h5-6,9,13-17,19,27-28,30,34H,7H2,1-4H3,(H2,24,33). The molecule has 4 rings (SSSR count). The molecular weight excluding hydrogens is 446 g/mol. The lowest BCUT2D eigenvalue weighted by Gasteiger charge is -2.56. The quantitative estimate of drug-likeness (QED) is 0.298. The van der Waals surface area contributed by atoms with Crippen LogP contribution in [0.3, 0.4) is 0 Å². The molecule has 0 saturated heterocycles. The van der Waals surface area contributed by atoms with Crippen molar-refractivity contribution in [3.05, 3.63) is 23.3 Å². The lowest BCUT2D eigenvalue weighted by Crippen LogP contribution is -2.78. The number of nitrogens with two attached hydrogens (primary N) is 1. The number of aliphatic hydroxyl groups is 3. The second-order valence-corrected chi connectivity index (χ2v) is 9.90. The van der Waals surface area contributed by atoms with Gasteiger partial charge in [0.15, 0.2) is 23.0 Å². The van der Waals surface area contributed by atoms with Gasteiger partial charge in [0.2, 0.25) is 5.91 Å². The molecule has 8 atom stereocenters. The minimum atomic E-state index is -2.92. The molecule has 3 aliphatic rings. The van der Waals surface area contributed by atoms with E-state index in [-0.39, 0.29) is 17.7 Å². The molecule has 2 saturated carbocycles. The summed E-state index contributed by atoms with van der Waals surface area (Å²) in [6.45, 7) is 0. The topological polar surface area (TPSA) is 182 Å². The van der Waals surface area contributed by atoms with Crippen LogP contribution < -0.4 is 10.6 Å². The highest BCUT2D eigenvalue weighted by molar-refractivity contribution is 6.25. The Bertz CT molecular complexity index is 1100. The average molecular weight is 475 g/mol. The first-order valence-corrected chi connectivity index (χ1v) is 11.0. The number of ketones is 3. The van der Waals surface area contributed by atoms with Crippen LogP contribution in [0.4, 0.5) is 5.69 Å². The van der Waals surface area contributed by atoms with Gasteiger partial charge >= 0.3 is 0 Å². The lowest BCUT2D eigenvalue weighted by atomic mass is 9.51. The van der Waals surface area contributed by atoms with Crippen LogP contribution in [0.5, 0.6) is 5.75 Å². The zero-order valence-corrected chi connectivity index (χ0v) is 19.3. The van der Waals surface area contributed by atoms with Crippen molar-refractivity contribution < 1.29 is 39.6 Å². The van der Waals surface area contributed by atoms with Crippen LogP contribution >= 0.6 is 0 Å². The summed E-state index contributed by atoms with van der Waals surface area (Å²) in [5, 5.41) is 44.3. The Morgan fingerprint density at radius 2 is 1.68 bits per heavy atom. The summed E-state index contributed by atoms with van der Waals surface area (Å²) in [5.41, 5.74) is 3.35. The van der Waals surface area contributed by atoms with Crippen LogP contribution in [-0.4, -0.2) is 101 Å². The number of phenolic OH excluding ortho intramolecular Hbond substituents is 1. The van der Waals surface area contributed by atoms with Crippen LogP contribution in [-0.2, 0) is 20.8 Å². The van der Waals surface area contributed by atoms with Gasteiger partial charge < -0.3 is 36.0 Å². The molecule has 0 radical (unpaired) electrons. The van der Waals surface area contributed by atoms with Crippen molar-refractivity contribution in [1.29, 1.82) is 0 Å². The number of nitrogens with zero attached hydrogens (tertiary/aromatic N) is 2. The number of aliphatic hydroxyl groups excluding tert-OH is 2. The number of likely N-dealkylation sites (N-methyl/N-ethyl adjacent to an activating group) is 1. The van der Waals surface area contributed by atoms with Crippen molar-refractivity contribution in [1.82, 2.24) is 4.90 Å². The summed E-state index contributed by atoms with van der Waals surface area (Å²) in [5.74, 6) is -10.9. The first-order valence-electron chi connectivity index (χ1n) is 11.0. The number of fused-ring (bicyclic) bond motifs is 3. The van der Waals surface area contributed by atoms with Gasteiger partial charge in [0.05, 0.1) is 23.7 Å². The van der Waals surface area contributed by atoms with Gasteiger partial charge in [0, 0.05) is 37.7 Å². The Kier molecular flexibility index (Phi) is 5.60. The van der Waals surface area contributed by atoms with E-state index in [0.717, 1.165) is 0 Å². The molecule has 3 aliphatic carbocycles. The molecule has 8 unspecified atom stereocenters. The minimum absolute atomic E-state index is 0.0107. The molecule has 1 aromatic carbocycles. The van der Waals surface area contributed by atoms with Gasteiger partial charge in [-0.3, -0.25) is 19.2 Å². The van der Waals surface area contributed by atoms with Gasteiger partial charge in [-0.15, -0.1) is 0 Å². The van der Waals surface area contributed by atoms with E-state index in [1.807, 2.05) is 0 Å². The number of carbonyl (C=O) groups excluding carboxylic acids is 4. The van der Waals surface area contributed by atoms with Crippen molar-refractivity contribution in [2.75, 3.05) is 33.1 Å². The first kappa shape index (κ1) is 24.3. The SMILES string of the molecule is CN(C)c1ccc(O)c2c1CC1C(C2=O)C(=O)C2(O)C(=O)C(C(N)=O)C(O)C(N(C)C)C2C1O. The average Bonchev–Trinajstić information content (AvgIpc) is 2.73. The number of amides is 1. The molecule has 1 aromatic rings. The summed E-state index contributed by atoms with van der Waals surface area (Å²) < 4.78 is 0. The van der Waals surface area contributed by atoms with Gasteiger partial charge in [0.25, 0.3) is 0 Å². The molecule has 11 heteroatoms. The van der Waals surface area contributed by atoms with Crippen LogP contribution in [0.1, 0.15) is 15.9 Å². The summed E-state index contributed by atoms with van der Waals surface area (Å²) >= 11 is 0. The third-order valence-corrected chi connectivity index (χ3v) is 7.71. The second-order valence-electron chi connectivity index (χ2n) is 9.90. The fraction of sp³-hybridized carbons (Fsp3) is 0.565. The molecule has 0 spiro atoms. The van der Waals surface area contributed by atoms with Crippen molar-refractivity contribution in [2.24, 2.45) is 29.4 Å². The molecule has 6 N–H and O–H groups in total. The molecule has 0 aromatic heterocycles. The Hall–Kier alpha value is -2.86.